The molecule has 0 bridgehead atoms. The molecule has 1 atom stereocenters. The van der Waals surface area contributed by atoms with Gasteiger partial charge in [-0.15, -0.1) is 10.2 Å². The van der Waals surface area contributed by atoms with E-state index in [0.29, 0.717) is 33.7 Å². The van der Waals surface area contributed by atoms with Gasteiger partial charge in [-0.25, -0.2) is 0 Å². The predicted molar refractivity (Wildman–Crippen MR) is 104 cm³/mol. The van der Waals surface area contributed by atoms with Crippen molar-refractivity contribution in [3.8, 4) is 23.0 Å². The largest absolute Gasteiger partial charge is 0.454 e. The Bertz CT molecular complexity index is 1140. The number of ether oxygens (including phenoxy) is 2. The smallest absolute Gasteiger partial charge is 0.277 e. The minimum absolute atomic E-state index is 0.0547. The fourth-order valence-electron chi connectivity index (χ4n) is 3.22. The minimum Gasteiger partial charge on any atom is -0.454 e. The number of nitrogens with one attached hydrogen (secondary N) is 1. The van der Waals surface area contributed by atoms with E-state index in [1.807, 2.05) is 13.0 Å². The van der Waals surface area contributed by atoms with Gasteiger partial charge in [-0.2, -0.15) is 0 Å². The summed E-state index contributed by atoms with van der Waals surface area (Å²) in [6.45, 7) is 2.01. The third kappa shape index (κ3) is 3.23. The molecule has 146 valence electrons. The number of hydrogen-bond acceptors (Lipinski definition) is 8. The summed E-state index contributed by atoms with van der Waals surface area (Å²) in [6.07, 6.45) is 0. The van der Waals surface area contributed by atoms with Gasteiger partial charge in [-0.05, 0) is 48.9 Å². The zero-order chi connectivity index (χ0) is 20.0. The van der Waals surface area contributed by atoms with E-state index in [9.17, 15) is 9.59 Å². The van der Waals surface area contributed by atoms with E-state index < -0.39 is 0 Å². The number of thioether (sulfide) groups is 1. The fourth-order valence-corrected chi connectivity index (χ4v) is 3.87. The van der Waals surface area contributed by atoms with E-state index in [-0.39, 0.29) is 30.2 Å². The lowest BCUT2D eigenvalue weighted by molar-refractivity contribution is -0.116. The molecule has 0 saturated heterocycles. The Morgan fingerprint density at radius 2 is 2.03 bits per heavy atom. The Morgan fingerprint density at radius 3 is 2.93 bits per heavy atom. The van der Waals surface area contributed by atoms with Crippen LogP contribution in [0.3, 0.4) is 0 Å². The summed E-state index contributed by atoms with van der Waals surface area (Å²) in [7, 11) is 0. The summed E-state index contributed by atoms with van der Waals surface area (Å²) in [6, 6.07) is 10.6. The van der Waals surface area contributed by atoms with Crippen LogP contribution in [0.4, 0.5) is 5.69 Å². The van der Waals surface area contributed by atoms with Crippen molar-refractivity contribution in [3.63, 3.8) is 0 Å². The van der Waals surface area contributed by atoms with Crippen molar-refractivity contribution in [3.05, 3.63) is 47.5 Å². The first-order chi connectivity index (χ1) is 14.1. The summed E-state index contributed by atoms with van der Waals surface area (Å²) < 4.78 is 16.3. The molecule has 9 heteroatoms. The maximum Gasteiger partial charge on any atom is 0.277 e. The fraction of sp³-hybridized carbons (Fsp3) is 0.200. The van der Waals surface area contributed by atoms with E-state index in [1.165, 1.54) is 11.8 Å². The number of fused-ring (bicyclic) bond motifs is 2. The van der Waals surface area contributed by atoms with Crippen LogP contribution in [-0.2, 0) is 4.79 Å². The number of anilines is 1. The molecular formula is C20H15N3O5S. The van der Waals surface area contributed by atoms with Crippen molar-refractivity contribution < 1.29 is 23.5 Å². The molecule has 29 heavy (non-hydrogen) atoms. The highest BCUT2D eigenvalue weighted by molar-refractivity contribution is 7.99. The van der Waals surface area contributed by atoms with Crippen molar-refractivity contribution in [1.82, 2.24) is 10.2 Å². The number of carbonyl (C=O) groups is 2. The quantitative estimate of drug-likeness (QED) is 0.504. The number of amides is 1. The van der Waals surface area contributed by atoms with Crippen LogP contribution in [0, 0.1) is 0 Å². The number of Topliss-reactive ketones (excluding diaryl/α,β-unsaturated/α-hetero) is 1. The van der Waals surface area contributed by atoms with Crippen molar-refractivity contribution in [2.75, 3.05) is 17.9 Å². The Labute approximate surface area is 169 Å². The van der Waals surface area contributed by atoms with Crippen LogP contribution in [0.15, 0.2) is 46.0 Å². The Kier molecular flexibility index (Phi) is 4.24. The van der Waals surface area contributed by atoms with Crippen molar-refractivity contribution in [1.29, 1.82) is 0 Å². The zero-order valence-electron chi connectivity index (χ0n) is 15.3. The second-order valence-corrected chi connectivity index (χ2v) is 7.59. The molecule has 8 nitrogen and oxygen atoms in total. The molecule has 0 spiro atoms. The maximum atomic E-state index is 12.6. The summed E-state index contributed by atoms with van der Waals surface area (Å²) in [4.78, 5) is 24.3. The molecule has 0 radical (unpaired) electrons. The molecule has 0 unspecified atom stereocenters. The number of nitrogens with zero attached hydrogens (tertiary/aromatic N) is 2. The van der Waals surface area contributed by atoms with Gasteiger partial charge in [0.2, 0.25) is 18.6 Å². The van der Waals surface area contributed by atoms with E-state index in [2.05, 4.69) is 15.5 Å². The first kappa shape index (κ1) is 17.7. The Hall–Kier alpha value is -3.33. The maximum absolute atomic E-state index is 12.6. The number of carbonyl (C=O) groups excluding carboxylic acids is 2. The second kappa shape index (κ2) is 6.93. The highest BCUT2D eigenvalue weighted by Crippen LogP contribution is 2.36. The number of ketones is 1. The zero-order valence-corrected chi connectivity index (χ0v) is 16.1. The van der Waals surface area contributed by atoms with E-state index in [0.717, 1.165) is 11.3 Å². The third-order valence-electron chi connectivity index (χ3n) is 4.84. The average Bonchev–Trinajstić information content (AvgIpc) is 3.45. The van der Waals surface area contributed by atoms with Gasteiger partial charge in [0.05, 0.1) is 11.7 Å². The lowest BCUT2D eigenvalue weighted by Gasteiger charge is -2.04. The van der Waals surface area contributed by atoms with Gasteiger partial charge in [0.15, 0.2) is 17.3 Å². The third-order valence-corrected chi connectivity index (χ3v) is 5.66. The summed E-state index contributed by atoms with van der Waals surface area (Å²) in [5.41, 5.74) is 2.87. The summed E-state index contributed by atoms with van der Waals surface area (Å²) in [5, 5.41) is 11.1. The van der Waals surface area contributed by atoms with Gasteiger partial charge in [0.25, 0.3) is 5.22 Å². The molecule has 1 aromatic heterocycles. The highest BCUT2D eigenvalue weighted by atomic mass is 32.2. The minimum atomic E-state index is -0.259. The summed E-state index contributed by atoms with van der Waals surface area (Å²) >= 11 is 1.17. The molecule has 2 aliphatic heterocycles. The lowest BCUT2D eigenvalue weighted by Crippen LogP contribution is -2.08. The molecule has 2 aromatic carbocycles. The van der Waals surface area contributed by atoms with Crippen LogP contribution in [0.1, 0.15) is 28.8 Å². The average molecular weight is 409 g/mol. The number of hydrogen-bond donors (Lipinski definition) is 1. The lowest BCUT2D eigenvalue weighted by atomic mass is 9.99. The Balaban J connectivity index is 1.27. The topological polar surface area (TPSA) is 104 Å². The molecule has 2 aliphatic rings. The van der Waals surface area contributed by atoms with Gasteiger partial charge in [0, 0.05) is 16.8 Å². The van der Waals surface area contributed by atoms with Gasteiger partial charge in [-0.1, -0.05) is 11.8 Å². The van der Waals surface area contributed by atoms with Crippen LogP contribution in [0.25, 0.3) is 11.5 Å². The molecule has 1 N–H and O–H groups in total. The van der Waals surface area contributed by atoms with Crippen molar-refractivity contribution >= 4 is 29.1 Å². The van der Waals surface area contributed by atoms with Crippen LogP contribution in [0.5, 0.6) is 11.5 Å². The van der Waals surface area contributed by atoms with E-state index >= 15 is 0 Å². The molecule has 5 rings (SSSR count). The Morgan fingerprint density at radius 1 is 1.17 bits per heavy atom. The molecule has 1 amide bonds. The summed E-state index contributed by atoms with van der Waals surface area (Å²) in [5.74, 6) is 1.41. The van der Waals surface area contributed by atoms with Crippen molar-refractivity contribution in [2.24, 2.45) is 0 Å². The van der Waals surface area contributed by atoms with Gasteiger partial charge in [-0.3, -0.25) is 9.59 Å². The van der Waals surface area contributed by atoms with Crippen LogP contribution >= 0.6 is 11.8 Å². The van der Waals surface area contributed by atoms with Crippen LogP contribution in [0.2, 0.25) is 0 Å². The molecular weight excluding hydrogens is 394 g/mol. The van der Waals surface area contributed by atoms with Crippen LogP contribution in [-0.4, -0.2) is 34.4 Å². The first-order valence-corrected chi connectivity index (χ1v) is 9.91. The molecule has 0 aliphatic carbocycles. The van der Waals surface area contributed by atoms with E-state index in [1.54, 1.807) is 30.3 Å². The monoisotopic (exact) mass is 409 g/mol. The molecule has 0 fully saturated rings. The first-order valence-electron chi connectivity index (χ1n) is 8.93. The second-order valence-electron chi connectivity index (χ2n) is 6.67. The van der Waals surface area contributed by atoms with Crippen LogP contribution < -0.4 is 14.8 Å². The molecule has 3 heterocycles. The van der Waals surface area contributed by atoms with Gasteiger partial charge < -0.3 is 19.2 Å². The number of rotatable bonds is 5. The normalized spacial score (nSPS) is 16.6. The molecule has 0 saturated carbocycles. The predicted octanol–water partition coefficient (Wildman–Crippen LogP) is 3.50. The number of aromatic nitrogens is 2. The van der Waals surface area contributed by atoms with E-state index in [4.69, 9.17) is 13.9 Å². The van der Waals surface area contributed by atoms with Gasteiger partial charge >= 0.3 is 0 Å². The van der Waals surface area contributed by atoms with Crippen molar-refractivity contribution in [2.45, 2.75) is 18.1 Å². The standard InChI is InChI=1S/C20H15N3O5S/c1-10-13-6-11(2-4-14(13)21-18(10)25)15(24)8-29-20-23-22-19(28-20)12-3-5-16-17(7-12)27-9-26-16/h2-7,10H,8-9H2,1H3,(H,21,25)/t10-/m0/s1. The molecule has 3 aromatic rings. The highest BCUT2D eigenvalue weighted by Gasteiger charge is 2.27. The van der Waals surface area contributed by atoms with Gasteiger partial charge in [0.1, 0.15) is 0 Å². The number of benzene rings is 2. The SMILES string of the molecule is C[C@@H]1C(=O)Nc2ccc(C(=O)CSc3nnc(-c4ccc5c(c4)OCO5)o3)cc21.